The van der Waals surface area contributed by atoms with Gasteiger partial charge in [-0.3, -0.25) is 15.6 Å². The smallest absolute Gasteiger partial charge is 0.255 e. The number of nitrogens with zero attached hydrogens (tertiary/aromatic N) is 2. The molecule has 0 aliphatic rings. The monoisotopic (exact) mass is 240 g/mol. The second-order valence-electron chi connectivity index (χ2n) is 3.29. The number of hydrogen-bond acceptors (Lipinski definition) is 5. The summed E-state index contributed by atoms with van der Waals surface area (Å²) < 4.78 is 0. The summed E-state index contributed by atoms with van der Waals surface area (Å²) in [6, 6.07) is 1.66. The normalized spacial score (nSPS) is 9.94. The molecule has 0 aromatic carbocycles. The van der Waals surface area contributed by atoms with Crippen molar-refractivity contribution in [3.63, 3.8) is 0 Å². The largest absolute Gasteiger partial charge is 0.341 e. The van der Waals surface area contributed by atoms with E-state index in [4.69, 9.17) is 5.84 Å². The number of carbonyl (C=O) groups is 1. The van der Waals surface area contributed by atoms with Crippen molar-refractivity contribution in [1.82, 2.24) is 9.88 Å². The van der Waals surface area contributed by atoms with Crippen LogP contribution in [0.25, 0.3) is 0 Å². The summed E-state index contributed by atoms with van der Waals surface area (Å²) in [7, 11) is 1.78. The summed E-state index contributed by atoms with van der Waals surface area (Å²) in [5.74, 6) is 6.19. The van der Waals surface area contributed by atoms with Gasteiger partial charge in [0.2, 0.25) is 0 Å². The number of hydrogen-bond donors (Lipinski definition) is 2. The molecule has 1 rings (SSSR count). The number of hydrazine groups is 1. The number of aromatic nitrogens is 1. The lowest BCUT2D eigenvalue weighted by molar-refractivity contribution is 0.0804. The van der Waals surface area contributed by atoms with Gasteiger partial charge in [0.05, 0.1) is 17.4 Å². The fraction of sp³-hybridized carbons (Fsp3) is 0.400. The minimum Gasteiger partial charge on any atom is -0.341 e. The molecule has 3 N–H and O–H groups in total. The Kier molecular flexibility index (Phi) is 5.07. The second kappa shape index (κ2) is 6.34. The van der Waals surface area contributed by atoms with Gasteiger partial charge in [-0.2, -0.15) is 11.8 Å². The minimum absolute atomic E-state index is 0.0515. The van der Waals surface area contributed by atoms with Crippen LogP contribution in [-0.2, 0) is 0 Å². The van der Waals surface area contributed by atoms with Crippen LogP contribution < -0.4 is 11.3 Å². The number of rotatable bonds is 5. The maximum Gasteiger partial charge on any atom is 0.255 e. The summed E-state index contributed by atoms with van der Waals surface area (Å²) in [6.07, 6.45) is 5.13. The molecular formula is C10H16N4OS. The molecule has 0 aliphatic heterocycles. The van der Waals surface area contributed by atoms with Gasteiger partial charge in [0.15, 0.2) is 0 Å². The average Bonchev–Trinajstić information content (AvgIpc) is 2.34. The quantitative estimate of drug-likeness (QED) is 0.588. The van der Waals surface area contributed by atoms with Crippen LogP contribution >= 0.6 is 11.8 Å². The van der Waals surface area contributed by atoms with Gasteiger partial charge < -0.3 is 10.3 Å². The lowest BCUT2D eigenvalue weighted by Crippen LogP contribution is -2.30. The molecule has 0 saturated heterocycles. The number of nitrogen functional groups attached to an aromatic ring is 1. The van der Waals surface area contributed by atoms with E-state index in [9.17, 15) is 4.79 Å². The first kappa shape index (κ1) is 12.8. The highest BCUT2D eigenvalue weighted by Crippen LogP contribution is 2.14. The van der Waals surface area contributed by atoms with Gasteiger partial charge in [-0.15, -0.1) is 0 Å². The highest BCUT2D eigenvalue weighted by Gasteiger charge is 2.14. The maximum absolute atomic E-state index is 12.0. The van der Waals surface area contributed by atoms with Gasteiger partial charge in [0.1, 0.15) is 0 Å². The Morgan fingerprint density at radius 1 is 1.69 bits per heavy atom. The molecule has 0 saturated carbocycles. The van der Waals surface area contributed by atoms with Crippen molar-refractivity contribution < 1.29 is 4.79 Å². The van der Waals surface area contributed by atoms with Crippen LogP contribution in [0.4, 0.5) is 5.69 Å². The third-order valence-electron chi connectivity index (χ3n) is 2.18. The molecule has 1 aromatic rings. The summed E-state index contributed by atoms with van der Waals surface area (Å²) in [4.78, 5) is 17.6. The Balaban J connectivity index is 2.79. The summed E-state index contributed by atoms with van der Waals surface area (Å²) in [6.45, 7) is 0.715. The van der Waals surface area contributed by atoms with Crippen LogP contribution in [0.3, 0.4) is 0 Å². The van der Waals surface area contributed by atoms with Crippen LogP contribution in [0.2, 0.25) is 0 Å². The van der Waals surface area contributed by atoms with Gasteiger partial charge in [-0.25, -0.2) is 0 Å². The average molecular weight is 240 g/mol. The zero-order valence-electron chi connectivity index (χ0n) is 9.43. The van der Waals surface area contributed by atoms with E-state index in [-0.39, 0.29) is 5.91 Å². The molecule has 5 nitrogen and oxygen atoms in total. The molecule has 0 aliphatic carbocycles. The standard InChI is InChI=1S/C10H16N4OS/c1-14(5-6-16-2)10(15)8-3-4-12-7-9(8)13-11/h3-4,7,13H,5-6,11H2,1-2H3. The molecular weight excluding hydrogens is 224 g/mol. The predicted octanol–water partition coefficient (Wildman–Crippen LogP) is 0.802. The van der Waals surface area contributed by atoms with Gasteiger partial charge >= 0.3 is 0 Å². The number of anilines is 1. The third kappa shape index (κ3) is 3.11. The molecule has 88 valence electrons. The van der Waals surface area contributed by atoms with E-state index >= 15 is 0 Å². The Morgan fingerprint density at radius 3 is 3.06 bits per heavy atom. The Hall–Kier alpha value is -1.27. The molecule has 1 heterocycles. The second-order valence-corrected chi connectivity index (χ2v) is 4.27. The van der Waals surface area contributed by atoms with Crippen molar-refractivity contribution in [1.29, 1.82) is 0 Å². The van der Waals surface area contributed by atoms with E-state index in [0.717, 1.165) is 5.75 Å². The van der Waals surface area contributed by atoms with Crippen LogP contribution in [0, 0.1) is 0 Å². The number of amides is 1. The van der Waals surface area contributed by atoms with Gasteiger partial charge in [0, 0.05) is 25.5 Å². The van der Waals surface area contributed by atoms with Crippen molar-refractivity contribution in [3.05, 3.63) is 24.0 Å². The zero-order valence-corrected chi connectivity index (χ0v) is 10.3. The SMILES string of the molecule is CSCCN(C)C(=O)c1ccncc1NN. The molecule has 1 aromatic heterocycles. The Morgan fingerprint density at radius 2 is 2.44 bits per heavy atom. The molecule has 6 heteroatoms. The van der Waals surface area contributed by atoms with Gasteiger partial charge in [0.25, 0.3) is 5.91 Å². The summed E-state index contributed by atoms with van der Waals surface area (Å²) in [5, 5.41) is 0. The first-order valence-electron chi connectivity index (χ1n) is 4.85. The van der Waals surface area contributed by atoms with Crippen molar-refractivity contribution in [3.8, 4) is 0 Å². The summed E-state index contributed by atoms with van der Waals surface area (Å²) >= 11 is 1.71. The number of thioether (sulfide) groups is 1. The molecule has 0 radical (unpaired) electrons. The highest BCUT2D eigenvalue weighted by atomic mass is 32.2. The molecule has 0 unspecified atom stereocenters. The van der Waals surface area contributed by atoms with E-state index in [0.29, 0.717) is 17.8 Å². The van der Waals surface area contributed by atoms with Crippen LogP contribution in [0.15, 0.2) is 18.5 Å². The predicted molar refractivity (Wildman–Crippen MR) is 67.4 cm³/mol. The van der Waals surface area contributed by atoms with Crippen LogP contribution in [-0.4, -0.2) is 41.4 Å². The molecule has 0 bridgehead atoms. The van der Waals surface area contributed by atoms with Crippen LogP contribution in [0.5, 0.6) is 0 Å². The topological polar surface area (TPSA) is 71.2 Å². The minimum atomic E-state index is -0.0515. The van der Waals surface area contributed by atoms with Crippen molar-refractivity contribution in [2.45, 2.75) is 0 Å². The molecule has 0 fully saturated rings. The Bertz CT molecular complexity index is 358. The number of nitrogens with one attached hydrogen (secondary N) is 1. The van der Waals surface area contributed by atoms with Crippen molar-refractivity contribution in [2.24, 2.45) is 5.84 Å². The molecule has 16 heavy (non-hydrogen) atoms. The number of nitrogens with two attached hydrogens (primary N) is 1. The zero-order chi connectivity index (χ0) is 12.0. The molecule has 1 amide bonds. The lowest BCUT2D eigenvalue weighted by Gasteiger charge is -2.17. The van der Waals surface area contributed by atoms with E-state index in [2.05, 4.69) is 10.4 Å². The van der Waals surface area contributed by atoms with Gasteiger partial charge in [-0.1, -0.05) is 0 Å². The van der Waals surface area contributed by atoms with E-state index < -0.39 is 0 Å². The van der Waals surface area contributed by atoms with E-state index in [1.165, 1.54) is 6.20 Å². The number of carbonyl (C=O) groups excluding carboxylic acids is 1. The van der Waals surface area contributed by atoms with E-state index in [1.807, 2.05) is 6.26 Å². The lowest BCUT2D eigenvalue weighted by atomic mass is 10.2. The molecule has 0 atom stereocenters. The fourth-order valence-corrected chi connectivity index (χ4v) is 1.69. The highest BCUT2D eigenvalue weighted by molar-refractivity contribution is 7.98. The van der Waals surface area contributed by atoms with Crippen molar-refractivity contribution >= 4 is 23.4 Å². The maximum atomic E-state index is 12.0. The van der Waals surface area contributed by atoms with Crippen molar-refractivity contribution in [2.75, 3.05) is 31.0 Å². The van der Waals surface area contributed by atoms with Gasteiger partial charge in [-0.05, 0) is 12.3 Å². The first-order valence-corrected chi connectivity index (χ1v) is 6.25. The third-order valence-corrected chi connectivity index (χ3v) is 2.78. The Labute approximate surface area is 99.4 Å². The van der Waals surface area contributed by atoms with Crippen LogP contribution in [0.1, 0.15) is 10.4 Å². The number of pyridine rings is 1. The summed E-state index contributed by atoms with van der Waals surface area (Å²) in [5.41, 5.74) is 3.56. The van der Waals surface area contributed by atoms with E-state index in [1.54, 1.807) is 36.0 Å². The first-order chi connectivity index (χ1) is 7.70. The fourth-order valence-electron chi connectivity index (χ4n) is 1.23. The molecule has 0 spiro atoms.